The highest BCUT2D eigenvalue weighted by Crippen LogP contribution is 2.32. The van der Waals surface area contributed by atoms with Crippen LogP contribution in [-0.2, 0) is 0 Å². The maximum absolute atomic E-state index is 12.9. The van der Waals surface area contributed by atoms with E-state index in [2.05, 4.69) is 9.47 Å². The molecule has 0 amide bonds. The highest BCUT2D eigenvalue weighted by molar-refractivity contribution is 5.41. The summed E-state index contributed by atoms with van der Waals surface area (Å²) in [5, 5.41) is 0. The summed E-state index contributed by atoms with van der Waals surface area (Å²) < 4.78 is 57.3. The van der Waals surface area contributed by atoms with E-state index in [1.165, 1.54) is 0 Å². The predicted molar refractivity (Wildman–Crippen MR) is 39.5 cm³/mol. The van der Waals surface area contributed by atoms with Crippen molar-refractivity contribution < 1.29 is 27.0 Å². The minimum absolute atomic E-state index is 0.288. The molecule has 0 aliphatic heterocycles. The topological polar surface area (TPSA) is 18.5 Å². The van der Waals surface area contributed by atoms with Gasteiger partial charge < -0.3 is 9.47 Å². The Bertz CT molecular complexity index is 327. The molecule has 1 rings (SSSR count). The average Bonchev–Trinajstić information content (AvgIpc) is 2.13. The van der Waals surface area contributed by atoms with Crippen molar-refractivity contribution in [3.8, 4) is 11.5 Å². The molecule has 0 saturated carbocycles. The Morgan fingerprint density at radius 1 is 1.21 bits per heavy atom. The fraction of sp³-hybridized carbons (Fsp3) is 0.250. The second-order valence-electron chi connectivity index (χ2n) is 2.27. The molecule has 0 aromatic heterocycles. The smallest absolute Gasteiger partial charge is 0.387 e. The largest absolute Gasteiger partial charge is 0.493 e. The van der Waals surface area contributed by atoms with Crippen LogP contribution >= 0.6 is 0 Å². The molecule has 0 spiro atoms. The number of benzene rings is 1. The Morgan fingerprint density at radius 2 is 1.86 bits per heavy atom. The first kappa shape index (κ1) is 10.6. The van der Waals surface area contributed by atoms with Gasteiger partial charge in [-0.3, -0.25) is 0 Å². The lowest BCUT2D eigenvalue weighted by molar-refractivity contribution is -0.0539. The highest BCUT2D eigenvalue weighted by atomic mass is 19.3. The lowest BCUT2D eigenvalue weighted by Crippen LogP contribution is -2.06. The normalized spacial score (nSPS) is 10.4. The summed E-state index contributed by atoms with van der Waals surface area (Å²) in [5.41, 5.74) is 0. The Morgan fingerprint density at radius 3 is 2.36 bits per heavy atom. The van der Waals surface area contributed by atoms with Gasteiger partial charge >= 0.3 is 6.61 Å². The van der Waals surface area contributed by atoms with Crippen LogP contribution in [0, 0.1) is 11.6 Å². The number of alkyl halides is 2. The average molecular weight is 210 g/mol. The number of hydrogen-bond acceptors (Lipinski definition) is 2. The molecule has 1 aromatic rings. The molecule has 2 nitrogen and oxygen atoms in total. The van der Waals surface area contributed by atoms with Crippen molar-refractivity contribution >= 4 is 0 Å². The van der Waals surface area contributed by atoms with Crippen LogP contribution in [0.5, 0.6) is 11.5 Å². The van der Waals surface area contributed by atoms with Crippen LogP contribution in [0.4, 0.5) is 17.6 Å². The van der Waals surface area contributed by atoms with Crippen molar-refractivity contribution in [2.45, 2.75) is 6.61 Å². The molecule has 78 valence electrons. The van der Waals surface area contributed by atoms with Gasteiger partial charge in [0, 0.05) is 0 Å². The summed E-state index contributed by atoms with van der Waals surface area (Å²) >= 11 is 0. The van der Waals surface area contributed by atoms with Crippen LogP contribution in [0.1, 0.15) is 0 Å². The number of halogens is 4. The van der Waals surface area contributed by atoms with Gasteiger partial charge in [0.2, 0.25) is 11.6 Å². The van der Waals surface area contributed by atoms with Crippen LogP contribution in [0.15, 0.2) is 12.1 Å². The summed E-state index contributed by atoms with van der Waals surface area (Å²) in [6.07, 6.45) is 0. The van der Waals surface area contributed by atoms with E-state index in [4.69, 9.17) is 0 Å². The van der Waals surface area contributed by atoms with Crippen LogP contribution in [0.2, 0.25) is 0 Å². The molecule has 0 N–H and O–H groups in total. The molecule has 0 heterocycles. The summed E-state index contributed by atoms with van der Waals surface area (Å²) in [6.45, 7) is -3.24. The van der Waals surface area contributed by atoms with E-state index in [1.54, 1.807) is 0 Å². The monoisotopic (exact) mass is 210 g/mol. The van der Waals surface area contributed by atoms with E-state index >= 15 is 0 Å². The zero-order valence-electron chi connectivity index (χ0n) is 7.06. The van der Waals surface area contributed by atoms with E-state index in [-0.39, 0.29) is 5.75 Å². The molecule has 0 atom stereocenters. The molecule has 0 aliphatic rings. The van der Waals surface area contributed by atoms with Crippen LogP contribution in [0.3, 0.4) is 0 Å². The molecular weight excluding hydrogens is 204 g/mol. The van der Waals surface area contributed by atoms with Crippen LogP contribution in [-0.4, -0.2) is 13.7 Å². The zero-order valence-corrected chi connectivity index (χ0v) is 7.06. The predicted octanol–water partition coefficient (Wildman–Crippen LogP) is 2.57. The SMILES string of the molecule is COc1ccc(F)c(F)c1OC(F)F. The second kappa shape index (κ2) is 4.17. The van der Waals surface area contributed by atoms with Gasteiger partial charge in [0.25, 0.3) is 0 Å². The maximum atomic E-state index is 12.9. The van der Waals surface area contributed by atoms with Crippen molar-refractivity contribution in [3.05, 3.63) is 23.8 Å². The van der Waals surface area contributed by atoms with Crippen molar-refractivity contribution in [1.82, 2.24) is 0 Å². The fourth-order valence-electron chi connectivity index (χ4n) is 0.874. The first-order valence-electron chi connectivity index (χ1n) is 3.53. The lowest BCUT2D eigenvalue weighted by atomic mass is 10.3. The maximum Gasteiger partial charge on any atom is 0.387 e. The zero-order chi connectivity index (χ0) is 10.7. The number of ether oxygens (including phenoxy) is 2. The van der Waals surface area contributed by atoms with E-state index in [0.717, 1.165) is 19.2 Å². The molecule has 0 unspecified atom stereocenters. The molecule has 6 heteroatoms. The van der Waals surface area contributed by atoms with E-state index in [0.29, 0.717) is 0 Å². The first-order valence-corrected chi connectivity index (χ1v) is 3.53. The molecule has 0 aliphatic carbocycles. The number of rotatable bonds is 3. The van der Waals surface area contributed by atoms with Gasteiger partial charge in [-0.2, -0.15) is 13.2 Å². The molecule has 1 aromatic carbocycles. The minimum Gasteiger partial charge on any atom is -0.493 e. The van der Waals surface area contributed by atoms with Crippen LogP contribution in [0.25, 0.3) is 0 Å². The highest BCUT2D eigenvalue weighted by Gasteiger charge is 2.19. The Hall–Kier alpha value is -1.46. The van der Waals surface area contributed by atoms with Gasteiger partial charge in [0.1, 0.15) is 0 Å². The van der Waals surface area contributed by atoms with Gasteiger partial charge in [-0.05, 0) is 12.1 Å². The van der Waals surface area contributed by atoms with Gasteiger partial charge in [0.05, 0.1) is 7.11 Å². The van der Waals surface area contributed by atoms with E-state index in [9.17, 15) is 17.6 Å². The molecule has 0 bridgehead atoms. The second-order valence-corrected chi connectivity index (χ2v) is 2.27. The summed E-state index contributed by atoms with van der Waals surface area (Å²) in [4.78, 5) is 0. The molecule has 0 fully saturated rings. The Kier molecular flexibility index (Phi) is 3.16. The molecular formula is C8H6F4O2. The molecule has 0 radical (unpaired) electrons. The Balaban J connectivity index is 3.14. The van der Waals surface area contributed by atoms with Crippen molar-refractivity contribution in [2.24, 2.45) is 0 Å². The lowest BCUT2D eigenvalue weighted by Gasteiger charge is -2.10. The molecule has 14 heavy (non-hydrogen) atoms. The van der Waals surface area contributed by atoms with Gasteiger partial charge in [-0.15, -0.1) is 0 Å². The minimum atomic E-state index is -3.24. The quantitative estimate of drug-likeness (QED) is 0.714. The van der Waals surface area contributed by atoms with E-state index in [1.807, 2.05) is 0 Å². The third-order valence-electron chi connectivity index (χ3n) is 1.44. The third-order valence-corrected chi connectivity index (χ3v) is 1.44. The first-order chi connectivity index (χ1) is 6.56. The summed E-state index contributed by atoms with van der Waals surface area (Å²) in [5.74, 6) is -3.99. The summed E-state index contributed by atoms with van der Waals surface area (Å²) in [7, 11) is 1.13. The third kappa shape index (κ3) is 2.07. The number of hydrogen-bond donors (Lipinski definition) is 0. The Labute approximate surface area is 77.1 Å². The summed E-state index contributed by atoms with van der Waals surface area (Å²) in [6, 6.07) is 1.75. The van der Waals surface area contributed by atoms with Gasteiger partial charge in [0.15, 0.2) is 11.6 Å². The fourth-order valence-corrected chi connectivity index (χ4v) is 0.874. The van der Waals surface area contributed by atoms with Crippen molar-refractivity contribution in [1.29, 1.82) is 0 Å². The van der Waals surface area contributed by atoms with Crippen LogP contribution < -0.4 is 9.47 Å². The molecule has 0 saturated heterocycles. The van der Waals surface area contributed by atoms with Gasteiger partial charge in [-0.25, -0.2) is 4.39 Å². The standard InChI is InChI=1S/C8H6F4O2/c1-13-5-3-2-4(9)6(10)7(5)14-8(11)12/h2-3,8H,1H3. The van der Waals surface area contributed by atoms with Crippen molar-refractivity contribution in [3.63, 3.8) is 0 Å². The van der Waals surface area contributed by atoms with Crippen molar-refractivity contribution in [2.75, 3.05) is 7.11 Å². The van der Waals surface area contributed by atoms with E-state index < -0.39 is 24.0 Å². The number of methoxy groups -OCH3 is 1. The van der Waals surface area contributed by atoms with Gasteiger partial charge in [-0.1, -0.05) is 0 Å².